The van der Waals surface area contributed by atoms with Gasteiger partial charge in [0.2, 0.25) is 0 Å². The highest BCUT2D eigenvalue weighted by Crippen LogP contribution is 2.22. The van der Waals surface area contributed by atoms with E-state index in [1.54, 1.807) is 10.6 Å². The highest BCUT2D eigenvalue weighted by Gasteiger charge is 2.31. The van der Waals surface area contributed by atoms with Gasteiger partial charge in [-0.3, -0.25) is 4.79 Å². The second-order valence-corrected chi connectivity index (χ2v) is 4.80. The Morgan fingerprint density at radius 2 is 2.15 bits per heavy atom. The number of rotatable bonds is 2. The van der Waals surface area contributed by atoms with Crippen molar-refractivity contribution in [1.29, 1.82) is 0 Å². The van der Waals surface area contributed by atoms with E-state index in [2.05, 4.69) is 0 Å². The summed E-state index contributed by atoms with van der Waals surface area (Å²) in [5.41, 5.74) is 0. The Bertz CT molecular complexity index is 231. The van der Waals surface area contributed by atoms with E-state index in [0.29, 0.717) is 13.0 Å². The molecule has 13 heavy (non-hydrogen) atoms. The van der Waals surface area contributed by atoms with Crippen LogP contribution in [0.5, 0.6) is 0 Å². The van der Waals surface area contributed by atoms with Crippen molar-refractivity contribution in [3.05, 3.63) is 0 Å². The minimum Gasteiger partial charge on any atom is -0.481 e. The first-order valence-corrected chi connectivity index (χ1v) is 5.87. The molecule has 0 aliphatic carbocycles. The first kappa shape index (κ1) is 10.7. The predicted octanol–water partition coefficient (Wildman–Crippen LogP) is 0.465. The minimum atomic E-state index is -1.05. The SMILES string of the molecule is CC1CCC(C(=O)O)CN1S(C)=O. The summed E-state index contributed by atoms with van der Waals surface area (Å²) in [5, 5.41) is 8.80. The van der Waals surface area contributed by atoms with Gasteiger partial charge < -0.3 is 5.11 Å². The molecule has 1 N–H and O–H groups in total. The number of carboxylic acid groups (broad SMARTS) is 1. The second-order valence-electron chi connectivity index (χ2n) is 3.48. The zero-order valence-corrected chi connectivity index (χ0v) is 8.71. The molecule has 1 aliphatic heterocycles. The van der Waals surface area contributed by atoms with E-state index in [-0.39, 0.29) is 12.0 Å². The Morgan fingerprint density at radius 1 is 1.54 bits per heavy atom. The molecule has 1 rings (SSSR count). The van der Waals surface area contributed by atoms with E-state index >= 15 is 0 Å². The van der Waals surface area contributed by atoms with Crippen molar-refractivity contribution in [1.82, 2.24) is 4.31 Å². The first-order valence-electron chi connectivity index (χ1n) is 4.35. The summed E-state index contributed by atoms with van der Waals surface area (Å²) in [7, 11) is -1.05. The highest BCUT2D eigenvalue weighted by molar-refractivity contribution is 7.81. The topological polar surface area (TPSA) is 57.6 Å². The van der Waals surface area contributed by atoms with Gasteiger partial charge in [-0.05, 0) is 19.8 Å². The van der Waals surface area contributed by atoms with Crippen LogP contribution in [0, 0.1) is 5.92 Å². The molecule has 76 valence electrons. The van der Waals surface area contributed by atoms with Crippen molar-refractivity contribution >= 4 is 17.0 Å². The molecular weight excluding hydrogens is 190 g/mol. The van der Waals surface area contributed by atoms with Crippen LogP contribution < -0.4 is 0 Å². The predicted molar refractivity (Wildman–Crippen MR) is 50.6 cm³/mol. The molecule has 0 radical (unpaired) electrons. The number of carbonyl (C=O) groups is 1. The fourth-order valence-electron chi connectivity index (χ4n) is 1.63. The number of nitrogens with zero attached hydrogens (tertiary/aromatic N) is 1. The average Bonchev–Trinajstić information content (AvgIpc) is 2.04. The van der Waals surface area contributed by atoms with Crippen molar-refractivity contribution in [2.24, 2.45) is 5.92 Å². The van der Waals surface area contributed by atoms with Crippen LogP contribution in [0.2, 0.25) is 0 Å². The lowest BCUT2D eigenvalue weighted by molar-refractivity contribution is -0.143. The monoisotopic (exact) mass is 205 g/mol. The van der Waals surface area contributed by atoms with Crippen LogP contribution in [0.25, 0.3) is 0 Å². The molecule has 1 fully saturated rings. The Kier molecular flexibility index (Phi) is 3.44. The molecule has 1 aliphatic rings. The zero-order valence-electron chi connectivity index (χ0n) is 7.90. The van der Waals surface area contributed by atoms with Gasteiger partial charge in [-0.2, -0.15) is 0 Å². The molecule has 0 aromatic carbocycles. The maximum atomic E-state index is 11.2. The summed E-state index contributed by atoms with van der Waals surface area (Å²) >= 11 is 0. The van der Waals surface area contributed by atoms with Crippen molar-refractivity contribution < 1.29 is 14.1 Å². The van der Waals surface area contributed by atoms with E-state index in [4.69, 9.17) is 5.11 Å². The lowest BCUT2D eigenvalue weighted by Crippen LogP contribution is -2.44. The molecule has 0 aromatic rings. The lowest BCUT2D eigenvalue weighted by atomic mass is 9.96. The van der Waals surface area contributed by atoms with Gasteiger partial charge in [0, 0.05) is 18.8 Å². The summed E-state index contributed by atoms with van der Waals surface area (Å²) in [6.07, 6.45) is 3.11. The maximum Gasteiger partial charge on any atom is 0.307 e. The second kappa shape index (κ2) is 4.19. The molecule has 0 aromatic heterocycles. The fourth-order valence-corrected chi connectivity index (χ4v) is 2.64. The van der Waals surface area contributed by atoms with Crippen LogP contribution in [0.1, 0.15) is 19.8 Å². The van der Waals surface area contributed by atoms with Crippen LogP contribution in [-0.4, -0.2) is 38.4 Å². The van der Waals surface area contributed by atoms with Gasteiger partial charge in [-0.1, -0.05) is 0 Å². The first-order chi connectivity index (χ1) is 6.02. The van der Waals surface area contributed by atoms with Gasteiger partial charge in [0.25, 0.3) is 0 Å². The summed E-state index contributed by atoms with van der Waals surface area (Å²) in [6, 6.07) is 0.237. The van der Waals surface area contributed by atoms with Crippen LogP contribution >= 0.6 is 0 Å². The van der Waals surface area contributed by atoms with Gasteiger partial charge in [-0.25, -0.2) is 8.51 Å². The number of carboxylic acids is 1. The van der Waals surface area contributed by atoms with E-state index in [1.807, 2.05) is 6.92 Å². The third-order valence-electron chi connectivity index (χ3n) is 2.50. The third kappa shape index (κ3) is 2.51. The van der Waals surface area contributed by atoms with Gasteiger partial charge >= 0.3 is 5.97 Å². The molecule has 1 heterocycles. The minimum absolute atomic E-state index is 0.237. The summed E-state index contributed by atoms with van der Waals surface area (Å²) < 4.78 is 13.0. The summed E-state index contributed by atoms with van der Waals surface area (Å²) in [4.78, 5) is 10.7. The van der Waals surface area contributed by atoms with Gasteiger partial charge in [0.15, 0.2) is 0 Å². The number of aliphatic carboxylic acids is 1. The van der Waals surface area contributed by atoms with Gasteiger partial charge in [0.1, 0.15) is 0 Å². The number of hydrogen-bond acceptors (Lipinski definition) is 2. The lowest BCUT2D eigenvalue weighted by Gasteiger charge is -2.34. The molecule has 0 spiro atoms. The van der Waals surface area contributed by atoms with Crippen LogP contribution in [0.4, 0.5) is 0 Å². The van der Waals surface area contributed by atoms with Crippen molar-refractivity contribution in [3.63, 3.8) is 0 Å². The Labute approximate surface area is 80.5 Å². The molecule has 3 atom stereocenters. The van der Waals surface area contributed by atoms with Crippen LogP contribution in [0.3, 0.4) is 0 Å². The maximum absolute atomic E-state index is 11.2. The molecular formula is C8H15NO3S. The molecule has 5 heteroatoms. The van der Waals surface area contributed by atoms with E-state index in [0.717, 1.165) is 6.42 Å². The summed E-state index contributed by atoms with van der Waals surface area (Å²) in [6.45, 7) is 2.40. The largest absolute Gasteiger partial charge is 0.481 e. The van der Waals surface area contributed by atoms with Gasteiger partial charge in [0.05, 0.1) is 16.9 Å². The quantitative estimate of drug-likeness (QED) is 0.712. The Balaban J connectivity index is 2.63. The Hall–Kier alpha value is -0.420. The summed E-state index contributed by atoms with van der Waals surface area (Å²) in [5.74, 6) is -1.12. The standard InChI is InChI=1S/C8H15NO3S/c1-6-3-4-7(8(10)11)5-9(6)13(2)12/h6-7H,3-5H2,1-2H3,(H,10,11). The average molecular weight is 205 g/mol. The number of piperidine rings is 1. The van der Waals surface area contributed by atoms with Crippen molar-refractivity contribution in [2.75, 3.05) is 12.8 Å². The molecule has 3 unspecified atom stereocenters. The fraction of sp³-hybridized carbons (Fsp3) is 0.875. The van der Waals surface area contributed by atoms with E-state index < -0.39 is 17.0 Å². The van der Waals surface area contributed by atoms with Gasteiger partial charge in [-0.15, -0.1) is 0 Å². The zero-order chi connectivity index (χ0) is 10.0. The number of hydrogen-bond donors (Lipinski definition) is 1. The van der Waals surface area contributed by atoms with E-state index in [9.17, 15) is 9.00 Å². The van der Waals surface area contributed by atoms with E-state index in [1.165, 1.54) is 0 Å². The smallest absolute Gasteiger partial charge is 0.307 e. The normalized spacial score (nSPS) is 32.8. The molecule has 0 amide bonds. The molecule has 0 bridgehead atoms. The van der Waals surface area contributed by atoms with Crippen molar-refractivity contribution in [2.45, 2.75) is 25.8 Å². The van der Waals surface area contributed by atoms with Crippen LogP contribution in [-0.2, 0) is 15.8 Å². The van der Waals surface area contributed by atoms with Crippen LogP contribution in [0.15, 0.2) is 0 Å². The molecule has 4 nitrogen and oxygen atoms in total. The van der Waals surface area contributed by atoms with Crippen molar-refractivity contribution in [3.8, 4) is 0 Å². The highest BCUT2D eigenvalue weighted by atomic mass is 32.2. The third-order valence-corrected chi connectivity index (χ3v) is 3.67. The molecule has 0 saturated carbocycles. The molecule has 1 saturated heterocycles. The Morgan fingerprint density at radius 3 is 2.62 bits per heavy atom.